The molecule has 2 aromatic carbocycles. The van der Waals surface area contributed by atoms with Crippen LogP contribution in [-0.4, -0.2) is 60.6 Å². The van der Waals surface area contributed by atoms with E-state index in [2.05, 4.69) is 29.3 Å². The number of hydrogen-bond donors (Lipinski definition) is 1. The highest BCUT2D eigenvalue weighted by Gasteiger charge is 2.36. The molecule has 0 saturated heterocycles. The summed E-state index contributed by atoms with van der Waals surface area (Å²) < 4.78 is 0. The first kappa shape index (κ1) is 30.3. The first-order valence-corrected chi connectivity index (χ1v) is 14.3. The summed E-state index contributed by atoms with van der Waals surface area (Å²) in [5.41, 5.74) is 3.83. The van der Waals surface area contributed by atoms with Crippen molar-refractivity contribution in [1.82, 2.24) is 15.1 Å². The van der Waals surface area contributed by atoms with Crippen molar-refractivity contribution in [2.45, 2.75) is 70.4 Å². The second-order valence-electron chi connectivity index (χ2n) is 10.0. The summed E-state index contributed by atoms with van der Waals surface area (Å²) in [5.74, 6) is -0.520. The fourth-order valence-corrected chi connectivity index (χ4v) is 5.42. The van der Waals surface area contributed by atoms with Gasteiger partial charge in [-0.05, 0) is 86.6 Å². The van der Waals surface area contributed by atoms with E-state index < -0.39 is 6.04 Å². The molecule has 2 aromatic rings. The van der Waals surface area contributed by atoms with Gasteiger partial charge in [-0.15, -0.1) is 0 Å². The Labute approximate surface area is 237 Å². The average Bonchev–Trinajstić information content (AvgIpc) is 3.29. The molecule has 0 radical (unpaired) electrons. The summed E-state index contributed by atoms with van der Waals surface area (Å²) in [7, 11) is 1.55. The topological polar surface area (TPSA) is 93.5 Å². The lowest BCUT2D eigenvalue weighted by Gasteiger charge is -2.25. The van der Waals surface area contributed by atoms with Crippen molar-refractivity contribution < 1.29 is 14.4 Å². The number of carbonyl (C=O) groups is 3. The van der Waals surface area contributed by atoms with Crippen molar-refractivity contribution in [3.63, 3.8) is 0 Å². The second-order valence-corrected chi connectivity index (χ2v) is 10.5. The van der Waals surface area contributed by atoms with Crippen LogP contribution in [0.5, 0.6) is 0 Å². The molecule has 1 N–H and O–H groups in total. The van der Waals surface area contributed by atoms with Crippen LogP contribution in [-0.2, 0) is 22.6 Å². The monoisotopic (exact) mass is 550 g/mol. The van der Waals surface area contributed by atoms with Crippen LogP contribution in [0.1, 0.15) is 78.4 Å². The molecular formula is C31H39ClN4O3. The third kappa shape index (κ3) is 8.14. The molecule has 2 atom stereocenters. The number of nitrogens with one attached hydrogen (secondary N) is 1. The maximum absolute atomic E-state index is 13.1. The predicted octanol–water partition coefficient (Wildman–Crippen LogP) is 5.12. The molecule has 2 amide bonds. The van der Waals surface area contributed by atoms with E-state index in [4.69, 9.17) is 11.6 Å². The summed E-state index contributed by atoms with van der Waals surface area (Å²) in [5, 5.41) is 12.9. The molecule has 208 valence electrons. The number of aldehydes is 1. The zero-order valence-electron chi connectivity index (χ0n) is 23.0. The fourth-order valence-electron chi connectivity index (χ4n) is 5.29. The van der Waals surface area contributed by atoms with Gasteiger partial charge in [0, 0.05) is 30.6 Å². The van der Waals surface area contributed by atoms with Gasteiger partial charge in [-0.1, -0.05) is 49.2 Å². The molecule has 0 fully saturated rings. The zero-order chi connectivity index (χ0) is 28.2. The number of nitrogens with zero attached hydrogens (tertiary/aromatic N) is 3. The normalized spacial score (nSPS) is 14.1. The number of rotatable bonds is 16. The molecule has 3 rings (SSSR count). The smallest absolute Gasteiger partial charge is 0.255 e. The molecule has 8 heteroatoms. The third-order valence-electron chi connectivity index (χ3n) is 7.61. The molecule has 1 heterocycles. The van der Waals surface area contributed by atoms with Crippen LogP contribution in [0.4, 0.5) is 0 Å². The van der Waals surface area contributed by atoms with Gasteiger partial charge in [0.25, 0.3) is 5.91 Å². The van der Waals surface area contributed by atoms with Gasteiger partial charge in [0.15, 0.2) is 0 Å². The van der Waals surface area contributed by atoms with E-state index in [1.165, 1.54) is 0 Å². The van der Waals surface area contributed by atoms with E-state index in [0.29, 0.717) is 23.6 Å². The van der Waals surface area contributed by atoms with Gasteiger partial charge in [0.1, 0.15) is 12.3 Å². The summed E-state index contributed by atoms with van der Waals surface area (Å²) in [6.07, 6.45) is 6.15. The van der Waals surface area contributed by atoms with Crippen LogP contribution in [0.2, 0.25) is 5.02 Å². The average molecular weight is 551 g/mol. The molecule has 1 aliphatic rings. The van der Waals surface area contributed by atoms with Gasteiger partial charge >= 0.3 is 0 Å². The van der Waals surface area contributed by atoms with E-state index in [1.54, 1.807) is 11.9 Å². The first-order chi connectivity index (χ1) is 18.9. The lowest BCUT2D eigenvalue weighted by atomic mass is 9.97. The molecule has 0 aromatic heterocycles. The summed E-state index contributed by atoms with van der Waals surface area (Å²) in [6, 6.07) is 15.2. The number of carbonyl (C=O) groups excluding carboxylic acids is 3. The number of likely N-dealkylation sites (N-methyl/N-ethyl adjacent to an activating group) is 1. The molecule has 0 saturated carbocycles. The van der Waals surface area contributed by atoms with Crippen LogP contribution in [0.25, 0.3) is 0 Å². The maximum atomic E-state index is 13.1. The van der Waals surface area contributed by atoms with E-state index >= 15 is 0 Å². The van der Waals surface area contributed by atoms with Crippen molar-refractivity contribution in [3.05, 3.63) is 69.7 Å². The SMILES string of the molecule is CCN(CCCCCc1cccc2c1CN(C(CCC=O)C(=O)NC)C2=O)CCC(C#N)c1ccc(Cl)cc1. The van der Waals surface area contributed by atoms with Crippen LogP contribution in [0.3, 0.4) is 0 Å². The minimum atomic E-state index is -0.645. The number of hydrogen-bond acceptors (Lipinski definition) is 5. The molecule has 0 bridgehead atoms. The lowest BCUT2D eigenvalue weighted by Crippen LogP contribution is -2.46. The van der Waals surface area contributed by atoms with Crippen LogP contribution < -0.4 is 5.32 Å². The highest BCUT2D eigenvalue weighted by atomic mass is 35.5. The third-order valence-corrected chi connectivity index (χ3v) is 7.86. The van der Waals surface area contributed by atoms with Gasteiger partial charge < -0.3 is 19.9 Å². The largest absolute Gasteiger partial charge is 0.357 e. The van der Waals surface area contributed by atoms with Crippen LogP contribution in [0.15, 0.2) is 42.5 Å². The quantitative estimate of drug-likeness (QED) is 0.231. The van der Waals surface area contributed by atoms with Gasteiger partial charge in [-0.25, -0.2) is 0 Å². The maximum Gasteiger partial charge on any atom is 0.255 e. The molecule has 39 heavy (non-hydrogen) atoms. The van der Waals surface area contributed by atoms with Gasteiger partial charge in [0.2, 0.25) is 5.91 Å². The van der Waals surface area contributed by atoms with Crippen molar-refractivity contribution in [1.29, 1.82) is 5.26 Å². The summed E-state index contributed by atoms with van der Waals surface area (Å²) in [4.78, 5) is 40.5. The van der Waals surface area contributed by atoms with E-state index in [-0.39, 0.29) is 24.2 Å². The molecule has 0 aliphatic carbocycles. The van der Waals surface area contributed by atoms with Crippen molar-refractivity contribution in [2.24, 2.45) is 0 Å². The highest BCUT2D eigenvalue weighted by molar-refractivity contribution is 6.30. The molecule has 7 nitrogen and oxygen atoms in total. The number of aryl methyl sites for hydroxylation is 1. The summed E-state index contributed by atoms with van der Waals surface area (Å²) >= 11 is 5.98. The number of halogens is 1. The molecular weight excluding hydrogens is 512 g/mol. The molecule has 0 spiro atoms. The number of amides is 2. The Kier molecular flexibility index (Phi) is 12.0. The molecule has 2 unspecified atom stereocenters. The van der Waals surface area contributed by atoms with Gasteiger partial charge in [0.05, 0.1) is 12.0 Å². The molecule has 1 aliphatic heterocycles. The van der Waals surface area contributed by atoms with E-state index in [0.717, 1.165) is 74.7 Å². The Balaban J connectivity index is 1.49. The minimum Gasteiger partial charge on any atom is -0.357 e. The highest BCUT2D eigenvalue weighted by Crippen LogP contribution is 2.30. The van der Waals surface area contributed by atoms with Crippen LogP contribution in [0, 0.1) is 11.3 Å². The van der Waals surface area contributed by atoms with E-state index in [1.807, 2.05) is 36.4 Å². The Morgan fingerprint density at radius 1 is 1.15 bits per heavy atom. The number of benzene rings is 2. The number of fused-ring (bicyclic) bond motifs is 1. The van der Waals surface area contributed by atoms with Crippen molar-refractivity contribution >= 4 is 29.7 Å². The van der Waals surface area contributed by atoms with Crippen molar-refractivity contribution in [2.75, 3.05) is 26.7 Å². The first-order valence-electron chi connectivity index (χ1n) is 13.9. The predicted molar refractivity (Wildman–Crippen MR) is 154 cm³/mol. The standard InChI is InChI=1S/C31H39ClN4O3/c1-3-35(19-17-25(21-33)23-13-15-26(32)16-14-23)18-6-4-5-9-24-10-7-11-27-28(24)22-36(31(27)39)29(12-8-20-37)30(38)34-2/h7,10-11,13-16,20,25,29H,3-6,8-9,12,17-19,22H2,1-2H3,(H,34,38). The Morgan fingerprint density at radius 2 is 1.92 bits per heavy atom. The Hall–Kier alpha value is -3.21. The number of unbranched alkanes of at least 4 members (excludes halogenated alkanes) is 2. The fraction of sp³-hybridized carbons (Fsp3) is 0.484. The van der Waals surface area contributed by atoms with Gasteiger partial charge in [-0.3, -0.25) is 9.59 Å². The Bertz CT molecular complexity index is 1160. The van der Waals surface area contributed by atoms with Gasteiger partial charge in [-0.2, -0.15) is 5.26 Å². The number of nitriles is 1. The van der Waals surface area contributed by atoms with Crippen molar-refractivity contribution in [3.8, 4) is 6.07 Å². The minimum absolute atomic E-state index is 0.139. The second kappa shape index (κ2) is 15.4. The van der Waals surface area contributed by atoms with E-state index in [9.17, 15) is 19.6 Å². The van der Waals surface area contributed by atoms with Crippen LogP contribution >= 0.6 is 11.6 Å². The Morgan fingerprint density at radius 3 is 2.59 bits per heavy atom. The lowest BCUT2D eigenvalue weighted by molar-refractivity contribution is -0.125. The zero-order valence-corrected chi connectivity index (χ0v) is 23.8. The summed E-state index contributed by atoms with van der Waals surface area (Å²) in [6.45, 7) is 5.36.